The van der Waals surface area contributed by atoms with Crippen molar-refractivity contribution in [1.82, 2.24) is 19.5 Å². The third-order valence-corrected chi connectivity index (χ3v) is 5.72. The molecular weight excluding hydrogens is 404 g/mol. The molecule has 1 aromatic carbocycles. The lowest BCUT2D eigenvalue weighted by Crippen LogP contribution is -2.54. The Balaban J connectivity index is 1.49. The number of H-pyrrole nitrogens is 1. The lowest BCUT2D eigenvalue weighted by Gasteiger charge is -2.37. The van der Waals surface area contributed by atoms with E-state index in [-0.39, 0.29) is 30.2 Å². The minimum Gasteiger partial charge on any atom is -0.463 e. The lowest BCUT2D eigenvalue weighted by atomic mass is 9.88. The van der Waals surface area contributed by atoms with Crippen LogP contribution in [-0.4, -0.2) is 57.0 Å². The lowest BCUT2D eigenvalue weighted by molar-refractivity contribution is -0.193. The molecule has 5 rings (SSSR count). The van der Waals surface area contributed by atoms with Crippen LogP contribution in [0.15, 0.2) is 47.8 Å². The number of nitrogens with zero attached hydrogens (tertiary/aromatic N) is 3. The predicted octanol–water partition coefficient (Wildman–Crippen LogP) is 1.18. The maximum atomic E-state index is 12.1. The fourth-order valence-electron chi connectivity index (χ4n) is 4.32. The summed E-state index contributed by atoms with van der Waals surface area (Å²) in [6.45, 7) is 2.32. The maximum absolute atomic E-state index is 12.1. The molecule has 0 spiro atoms. The molecule has 31 heavy (non-hydrogen) atoms. The van der Waals surface area contributed by atoms with Crippen molar-refractivity contribution in [3.8, 4) is 0 Å². The van der Waals surface area contributed by atoms with Gasteiger partial charge in [0.25, 0.3) is 5.56 Å². The molecule has 2 bridgehead atoms. The number of nitrogens with one attached hydrogen (secondary N) is 1. The number of hydrogen-bond donors (Lipinski definition) is 1. The molecule has 2 fully saturated rings. The number of fused-ring (bicyclic) bond motifs is 3. The molecular formula is C21H22N4O6. The van der Waals surface area contributed by atoms with Gasteiger partial charge in [0.05, 0.1) is 38.4 Å². The van der Waals surface area contributed by atoms with Gasteiger partial charge in [-0.05, 0) is 5.56 Å². The van der Waals surface area contributed by atoms with Crippen LogP contribution in [0, 0.1) is 5.92 Å². The summed E-state index contributed by atoms with van der Waals surface area (Å²) < 4.78 is 25.7. The summed E-state index contributed by atoms with van der Waals surface area (Å²) in [6, 6.07) is 9.82. The van der Waals surface area contributed by atoms with E-state index in [9.17, 15) is 9.59 Å². The van der Waals surface area contributed by atoms with Gasteiger partial charge in [0.1, 0.15) is 18.9 Å². The van der Waals surface area contributed by atoms with Gasteiger partial charge in [-0.15, -0.1) is 0 Å². The number of carbonyl (C=O) groups excluding carboxylic acids is 1. The van der Waals surface area contributed by atoms with E-state index in [2.05, 4.69) is 15.0 Å². The Bertz CT molecular complexity index is 1150. The SMILES string of the molecule is CC(=O)OC[C@@]12COC[C@@H]([C@H](n3cnc4c(=O)[nH]cnc43)O1)[C@@H]2OCc1ccccc1. The highest BCUT2D eigenvalue weighted by Gasteiger charge is 2.60. The zero-order valence-electron chi connectivity index (χ0n) is 16.9. The first-order valence-corrected chi connectivity index (χ1v) is 10.0. The number of benzene rings is 1. The third-order valence-electron chi connectivity index (χ3n) is 5.72. The quantitative estimate of drug-likeness (QED) is 0.584. The van der Waals surface area contributed by atoms with Crippen molar-refractivity contribution < 1.29 is 23.7 Å². The number of aromatic amines is 1. The van der Waals surface area contributed by atoms with Crippen molar-refractivity contribution in [2.75, 3.05) is 19.8 Å². The normalized spacial score (nSPS) is 27.5. The Morgan fingerprint density at radius 1 is 1.32 bits per heavy atom. The molecule has 2 aliphatic heterocycles. The van der Waals surface area contributed by atoms with E-state index >= 15 is 0 Å². The van der Waals surface area contributed by atoms with Gasteiger partial charge in [-0.2, -0.15) is 0 Å². The summed E-state index contributed by atoms with van der Waals surface area (Å²) in [5.74, 6) is -0.627. The summed E-state index contributed by atoms with van der Waals surface area (Å²) in [5, 5.41) is 0. The molecule has 162 valence electrons. The van der Waals surface area contributed by atoms with Gasteiger partial charge in [0.2, 0.25) is 0 Å². The molecule has 2 saturated heterocycles. The van der Waals surface area contributed by atoms with E-state index in [1.54, 1.807) is 4.57 Å². The van der Waals surface area contributed by atoms with Crippen LogP contribution >= 0.6 is 0 Å². The first kappa shape index (κ1) is 19.9. The Morgan fingerprint density at radius 2 is 2.16 bits per heavy atom. The number of esters is 1. The van der Waals surface area contributed by atoms with Crippen LogP contribution in [0.3, 0.4) is 0 Å². The topological polar surface area (TPSA) is 118 Å². The van der Waals surface area contributed by atoms with Gasteiger partial charge < -0.3 is 23.9 Å². The zero-order valence-corrected chi connectivity index (χ0v) is 16.9. The minimum atomic E-state index is -0.980. The molecule has 4 heterocycles. The molecule has 10 heteroatoms. The number of imidazole rings is 1. The molecule has 3 aromatic rings. The largest absolute Gasteiger partial charge is 0.463 e. The molecule has 4 atom stereocenters. The first-order chi connectivity index (χ1) is 15.1. The summed E-state index contributed by atoms with van der Waals surface area (Å²) in [6.07, 6.45) is 1.92. The first-order valence-electron chi connectivity index (χ1n) is 10.0. The standard InChI is InChI=1S/C21H22N4O6/c1-13(26)30-10-21-9-28-8-15(17(21)29-7-14-5-3-2-4-6-14)20(31-21)25-12-24-16-18(25)22-11-23-19(16)27/h2-6,11-12,15,17,20H,7-10H2,1H3,(H,22,23,27)/t15-,17+,20-,21-/m1/s1. The fourth-order valence-corrected chi connectivity index (χ4v) is 4.32. The number of ether oxygens (including phenoxy) is 4. The molecule has 10 nitrogen and oxygen atoms in total. The second-order valence-corrected chi connectivity index (χ2v) is 7.81. The van der Waals surface area contributed by atoms with E-state index < -0.39 is 23.9 Å². The Kier molecular flexibility index (Phi) is 5.05. The molecule has 0 radical (unpaired) electrons. The number of hydrogen-bond acceptors (Lipinski definition) is 8. The van der Waals surface area contributed by atoms with Crippen molar-refractivity contribution in [3.05, 3.63) is 58.9 Å². The highest BCUT2D eigenvalue weighted by molar-refractivity contribution is 5.69. The average molecular weight is 426 g/mol. The van der Waals surface area contributed by atoms with E-state index in [1.165, 1.54) is 19.6 Å². The van der Waals surface area contributed by atoms with Crippen LogP contribution in [0.2, 0.25) is 0 Å². The van der Waals surface area contributed by atoms with Crippen molar-refractivity contribution in [2.24, 2.45) is 5.92 Å². The van der Waals surface area contributed by atoms with Crippen molar-refractivity contribution in [2.45, 2.75) is 31.5 Å². The predicted molar refractivity (Wildman–Crippen MR) is 107 cm³/mol. The second-order valence-electron chi connectivity index (χ2n) is 7.81. The molecule has 2 aromatic heterocycles. The van der Waals surface area contributed by atoms with E-state index in [4.69, 9.17) is 18.9 Å². The van der Waals surface area contributed by atoms with Crippen LogP contribution in [-0.2, 0) is 30.3 Å². The number of carbonyl (C=O) groups is 1. The average Bonchev–Trinajstić information content (AvgIpc) is 3.27. The summed E-state index contributed by atoms with van der Waals surface area (Å²) in [4.78, 5) is 34.6. The number of rotatable bonds is 6. The summed E-state index contributed by atoms with van der Waals surface area (Å²) in [5.41, 5.74) is 0.350. The maximum Gasteiger partial charge on any atom is 0.302 e. The zero-order chi connectivity index (χ0) is 21.4. The van der Waals surface area contributed by atoms with E-state index in [0.29, 0.717) is 18.9 Å². The Hall–Kier alpha value is -3.08. The van der Waals surface area contributed by atoms with Gasteiger partial charge in [-0.1, -0.05) is 30.3 Å². The highest BCUT2D eigenvalue weighted by Crippen LogP contribution is 2.47. The molecule has 0 amide bonds. The second kappa shape index (κ2) is 7.88. The van der Waals surface area contributed by atoms with Crippen molar-refractivity contribution in [1.29, 1.82) is 0 Å². The fraction of sp³-hybridized carbons (Fsp3) is 0.429. The van der Waals surface area contributed by atoms with Crippen LogP contribution in [0.4, 0.5) is 0 Å². The smallest absolute Gasteiger partial charge is 0.302 e. The Morgan fingerprint density at radius 3 is 2.97 bits per heavy atom. The molecule has 2 aliphatic rings. The molecule has 1 N–H and O–H groups in total. The van der Waals surface area contributed by atoms with Gasteiger partial charge in [0, 0.05) is 6.92 Å². The van der Waals surface area contributed by atoms with E-state index in [1.807, 2.05) is 30.3 Å². The third kappa shape index (κ3) is 3.52. The summed E-state index contributed by atoms with van der Waals surface area (Å²) >= 11 is 0. The van der Waals surface area contributed by atoms with E-state index in [0.717, 1.165) is 5.56 Å². The monoisotopic (exact) mass is 426 g/mol. The van der Waals surface area contributed by atoms with Gasteiger partial charge in [-0.3, -0.25) is 14.2 Å². The highest BCUT2D eigenvalue weighted by atomic mass is 16.6. The van der Waals surface area contributed by atoms with Crippen LogP contribution < -0.4 is 5.56 Å². The molecule has 0 saturated carbocycles. The van der Waals surface area contributed by atoms with Crippen LogP contribution in [0.25, 0.3) is 11.2 Å². The van der Waals surface area contributed by atoms with Gasteiger partial charge in [0.15, 0.2) is 16.8 Å². The van der Waals surface area contributed by atoms with Crippen LogP contribution in [0.5, 0.6) is 0 Å². The van der Waals surface area contributed by atoms with Crippen molar-refractivity contribution in [3.63, 3.8) is 0 Å². The summed E-state index contributed by atoms with van der Waals surface area (Å²) in [7, 11) is 0. The minimum absolute atomic E-state index is 0.00453. The Labute approximate surface area is 177 Å². The molecule has 0 aliphatic carbocycles. The molecule has 0 unspecified atom stereocenters. The van der Waals surface area contributed by atoms with Crippen molar-refractivity contribution >= 4 is 17.1 Å². The van der Waals surface area contributed by atoms with Gasteiger partial charge in [-0.25, -0.2) is 9.97 Å². The van der Waals surface area contributed by atoms with Gasteiger partial charge >= 0.3 is 5.97 Å². The number of aromatic nitrogens is 4. The van der Waals surface area contributed by atoms with Crippen LogP contribution in [0.1, 0.15) is 18.7 Å².